The van der Waals surface area contributed by atoms with Gasteiger partial charge in [0.2, 0.25) is 0 Å². The van der Waals surface area contributed by atoms with Crippen molar-refractivity contribution >= 4 is 0 Å². The highest BCUT2D eigenvalue weighted by Gasteiger charge is 2.48. The predicted molar refractivity (Wildman–Crippen MR) is 41.5 cm³/mol. The van der Waals surface area contributed by atoms with E-state index in [1.165, 1.54) is 12.8 Å². The SMILES string of the molecule is OC1OCC2OC(C3CC3)CC12. The molecule has 0 radical (unpaired) electrons. The summed E-state index contributed by atoms with van der Waals surface area (Å²) in [5.74, 6) is 1.05. The maximum Gasteiger partial charge on any atom is 0.160 e. The summed E-state index contributed by atoms with van der Waals surface area (Å²) in [6, 6.07) is 0. The van der Waals surface area contributed by atoms with Crippen LogP contribution in [0.2, 0.25) is 0 Å². The molecule has 0 aromatic heterocycles. The average Bonchev–Trinajstić information content (AvgIpc) is 2.73. The van der Waals surface area contributed by atoms with Gasteiger partial charge in [-0.05, 0) is 25.2 Å². The van der Waals surface area contributed by atoms with Crippen molar-refractivity contribution in [3.63, 3.8) is 0 Å². The Hall–Kier alpha value is -0.120. The minimum atomic E-state index is -0.557. The number of ether oxygens (including phenoxy) is 2. The van der Waals surface area contributed by atoms with Crippen molar-refractivity contribution in [2.24, 2.45) is 11.8 Å². The zero-order chi connectivity index (χ0) is 8.13. The standard InChI is InChI=1S/C9H14O3/c10-9-6-3-7(5-1-2-5)12-8(6)4-11-9/h5-10H,1-4H2. The second-order valence-electron chi connectivity index (χ2n) is 4.17. The van der Waals surface area contributed by atoms with Crippen LogP contribution in [0.1, 0.15) is 19.3 Å². The molecule has 68 valence electrons. The largest absolute Gasteiger partial charge is 0.372 e. The van der Waals surface area contributed by atoms with Crippen LogP contribution in [0, 0.1) is 11.8 Å². The summed E-state index contributed by atoms with van der Waals surface area (Å²) in [7, 11) is 0. The molecule has 4 atom stereocenters. The van der Waals surface area contributed by atoms with E-state index >= 15 is 0 Å². The van der Waals surface area contributed by atoms with E-state index in [1.807, 2.05) is 0 Å². The first-order valence-electron chi connectivity index (χ1n) is 4.80. The van der Waals surface area contributed by atoms with E-state index in [4.69, 9.17) is 9.47 Å². The highest BCUT2D eigenvalue weighted by Crippen LogP contribution is 2.45. The highest BCUT2D eigenvalue weighted by molar-refractivity contribution is 4.94. The number of aliphatic hydroxyl groups is 1. The van der Waals surface area contributed by atoms with Crippen LogP contribution in [-0.2, 0) is 9.47 Å². The van der Waals surface area contributed by atoms with Gasteiger partial charge in [0.1, 0.15) is 0 Å². The van der Waals surface area contributed by atoms with Crippen LogP contribution >= 0.6 is 0 Å². The molecule has 12 heavy (non-hydrogen) atoms. The van der Waals surface area contributed by atoms with E-state index in [9.17, 15) is 5.11 Å². The second kappa shape index (κ2) is 2.44. The van der Waals surface area contributed by atoms with Gasteiger partial charge in [-0.3, -0.25) is 0 Å². The number of rotatable bonds is 1. The molecule has 3 rings (SSSR count). The normalized spacial score (nSPS) is 52.8. The van der Waals surface area contributed by atoms with Crippen LogP contribution in [0.5, 0.6) is 0 Å². The van der Waals surface area contributed by atoms with Gasteiger partial charge >= 0.3 is 0 Å². The molecule has 1 saturated carbocycles. The van der Waals surface area contributed by atoms with Crippen molar-refractivity contribution in [2.45, 2.75) is 37.8 Å². The first kappa shape index (κ1) is 7.30. The topological polar surface area (TPSA) is 38.7 Å². The van der Waals surface area contributed by atoms with Gasteiger partial charge in [0.15, 0.2) is 6.29 Å². The molecule has 1 N–H and O–H groups in total. The van der Waals surface area contributed by atoms with E-state index in [-0.39, 0.29) is 12.0 Å². The van der Waals surface area contributed by atoms with Crippen LogP contribution < -0.4 is 0 Å². The zero-order valence-corrected chi connectivity index (χ0v) is 6.98. The van der Waals surface area contributed by atoms with Gasteiger partial charge in [-0.25, -0.2) is 0 Å². The fraction of sp³-hybridized carbons (Fsp3) is 1.00. The van der Waals surface area contributed by atoms with Crippen molar-refractivity contribution in [3.8, 4) is 0 Å². The summed E-state index contributed by atoms with van der Waals surface area (Å²) in [6.45, 7) is 0.592. The molecule has 1 aliphatic carbocycles. The molecule has 2 aliphatic heterocycles. The second-order valence-corrected chi connectivity index (χ2v) is 4.17. The van der Waals surface area contributed by atoms with Crippen LogP contribution in [0.25, 0.3) is 0 Å². The fourth-order valence-electron chi connectivity index (χ4n) is 2.35. The zero-order valence-electron chi connectivity index (χ0n) is 6.98. The minimum Gasteiger partial charge on any atom is -0.372 e. The van der Waals surface area contributed by atoms with Crippen LogP contribution in [0.3, 0.4) is 0 Å². The Labute approximate surface area is 71.7 Å². The van der Waals surface area contributed by atoms with Crippen LogP contribution in [0.4, 0.5) is 0 Å². The molecule has 3 nitrogen and oxygen atoms in total. The molecule has 0 aromatic rings. The molecular formula is C9H14O3. The van der Waals surface area contributed by atoms with E-state index in [2.05, 4.69) is 0 Å². The molecule has 2 heterocycles. The summed E-state index contributed by atoms with van der Waals surface area (Å²) in [5.41, 5.74) is 0. The van der Waals surface area contributed by atoms with Crippen molar-refractivity contribution in [1.82, 2.24) is 0 Å². The van der Waals surface area contributed by atoms with E-state index in [0.717, 1.165) is 12.3 Å². The quantitative estimate of drug-likeness (QED) is 0.623. The van der Waals surface area contributed by atoms with Crippen molar-refractivity contribution < 1.29 is 14.6 Å². The van der Waals surface area contributed by atoms with Crippen molar-refractivity contribution in [3.05, 3.63) is 0 Å². The Bertz CT molecular complexity index is 190. The number of hydrogen-bond acceptors (Lipinski definition) is 3. The molecule has 0 spiro atoms. The highest BCUT2D eigenvalue weighted by atomic mass is 16.6. The molecule has 0 amide bonds. The smallest absolute Gasteiger partial charge is 0.160 e. The lowest BCUT2D eigenvalue weighted by molar-refractivity contribution is -0.0890. The molecule has 2 saturated heterocycles. The average molecular weight is 170 g/mol. The summed E-state index contributed by atoms with van der Waals surface area (Å²) in [6.07, 6.45) is 3.71. The van der Waals surface area contributed by atoms with E-state index < -0.39 is 6.29 Å². The first-order valence-corrected chi connectivity index (χ1v) is 4.80. The lowest BCUT2D eigenvalue weighted by Gasteiger charge is -2.11. The monoisotopic (exact) mass is 170 g/mol. The molecule has 4 unspecified atom stereocenters. The number of fused-ring (bicyclic) bond motifs is 1. The van der Waals surface area contributed by atoms with Crippen LogP contribution in [-0.4, -0.2) is 30.2 Å². The summed E-state index contributed by atoms with van der Waals surface area (Å²) < 4.78 is 10.9. The van der Waals surface area contributed by atoms with Crippen molar-refractivity contribution in [2.75, 3.05) is 6.61 Å². The molecule has 3 fully saturated rings. The lowest BCUT2D eigenvalue weighted by atomic mass is 9.99. The van der Waals surface area contributed by atoms with Gasteiger partial charge in [-0.1, -0.05) is 0 Å². The fourth-order valence-corrected chi connectivity index (χ4v) is 2.35. The summed E-state index contributed by atoms with van der Waals surface area (Å²) in [5, 5.41) is 9.42. The Kier molecular flexibility index (Phi) is 1.48. The maximum absolute atomic E-state index is 9.42. The van der Waals surface area contributed by atoms with Gasteiger partial charge in [-0.2, -0.15) is 0 Å². The van der Waals surface area contributed by atoms with Crippen molar-refractivity contribution in [1.29, 1.82) is 0 Å². The number of hydrogen-bond donors (Lipinski definition) is 1. The third-order valence-corrected chi connectivity index (χ3v) is 3.28. The third-order valence-electron chi connectivity index (χ3n) is 3.28. The Balaban J connectivity index is 1.69. The Morgan fingerprint density at radius 1 is 1.17 bits per heavy atom. The van der Waals surface area contributed by atoms with Gasteiger partial charge in [0.05, 0.1) is 18.8 Å². The molecule has 3 heteroatoms. The predicted octanol–water partition coefficient (Wildman–Crippen LogP) is 0.519. The molecule has 3 aliphatic rings. The van der Waals surface area contributed by atoms with Gasteiger partial charge < -0.3 is 14.6 Å². The number of aliphatic hydroxyl groups excluding tert-OH is 1. The van der Waals surface area contributed by atoms with Crippen LogP contribution in [0.15, 0.2) is 0 Å². The first-order chi connectivity index (χ1) is 5.84. The molecule has 0 bridgehead atoms. The Morgan fingerprint density at radius 2 is 2.00 bits per heavy atom. The summed E-state index contributed by atoms with van der Waals surface area (Å²) in [4.78, 5) is 0. The van der Waals surface area contributed by atoms with E-state index in [1.54, 1.807) is 0 Å². The maximum atomic E-state index is 9.42. The van der Waals surface area contributed by atoms with Gasteiger partial charge in [-0.15, -0.1) is 0 Å². The minimum absolute atomic E-state index is 0.186. The molecular weight excluding hydrogens is 156 g/mol. The summed E-state index contributed by atoms with van der Waals surface area (Å²) >= 11 is 0. The third kappa shape index (κ3) is 1.00. The van der Waals surface area contributed by atoms with E-state index in [0.29, 0.717) is 12.7 Å². The molecule has 0 aromatic carbocycles. The van der Waals surface area contributed by atoms with Gasteiger partial charge in [0.25, 0.3) is 0 Å². The van der Waals surface area contributed by atoms with Gasteiger partial charge in [0, 0.05) is 5.92 Å². The Morgan fingerprint density at radius 3 is 2.67 bits per heavy atom. The lowest BCUT2D eigenvalue weighted by Crippen LogP contribution is -2.18.